The summed E-state index contributed by atoms with van der Waals surface area (Å²) >= 11 is 0. The second kappa shape index (κ2) is 7.57. The summed E-state index contributed by atoms with van der Waals surface area (Å²) in [7, 11) is 1.56. The van der Waals surface area contributed by atoms with Gasteiger partial charge in [0.15, 0.2) is 11.7 Å². The molecule has 2 aromatic rings. The SMILES string of the molecule is COc1ccc2c(O[C@H]3C(C)=C[C@]45C(O)[C@@H](C=C(CO)[C@@H](O)[C@]34O)[C@H]3[C@@H](C[C@H]5C)C3(C)C)noc2c1. The van der Waals surface area contributed by atoms with E-state index in [9.17, 15) is 20.4 Å². The van der Waals surface area contributed by atoms with Crippen LogP contribution in [0.2, 0.25) is 0 Å². The third-order valence-corrected chi connectivity index (χ3v) is 10.0. The molecule has 194 valence electrons. The Morgan fingerprint density at radius 2 is 1.97 bits per heavy atom. The van der Waals surface area contributed by atoms with E-state index < -0.39 is 35.9 Å². The van der Waals surface area contributed by atoms with E-state index in [2.05, 4.69) is 19.0 Å². The third-order valence-electron chi connectivity index (χ3n) is 10.0. The number of ether oxygens (including phenoxy) is 2. The van der Waals surface area contributed by atoms with Gasteiger partial charge in [-0.15, -0.1) is 0 Å². The molecule has 1 heterocycles. The topological polar surface area (TPSA) is 125 Å². The van der Waals surface area contributed by atoms with Gasteiger partial charge >= 0.3 is 0 Å². The molecule has 2 bridgehead atoms. The minimum absolute atomic E-state index is 0.0416. The van der Waals surface area contributed by atoms with E-state index in [-0.39, 0.29) is 29.0 Å². The largest absolute Gasteiger partial charge is 0.497 e. The average molecular weight is 498 g/mol. The standard InChI is InChI=1S/C28H35NO7/c1-13-11-27-14(2)8-19-21(26(19,3)4)18(23(27)32)9-15(12-30)22(31)28(27,33)24(13)35-25-17-7-6-16(34-5)10-20(17)36-29-25/h6-7,9-11,14,18-19,21-24,30-33H,8,12H2,1-5H3/t14-,18+,19-,21+,22-,23?,24+,27+,28+/m1/s1. The molecule has 0 aliphatic heterocycles. The molecule has 1 unspecified atom stereocenters. The Balaban J connectivity index is 1.49. The van der Waals surface area contributed by atoms with Gasteiger partial charge in [-0.2, -0.15) is 0 Å². The monoisotopic (exact) mass is 497 g/mol. The van der Waals surface area contributed by atoms with Crippen molar-refractivity contribution in [3.63, 3.8) is 0 Å². The first-order valence-electron chi connectivity index (χ1n) is 12.7. The van der Waals surface area contributed by atoms with Crippen molar-refractivity contribution in [3.8, 4) is 11.6 Å². The van der Waals surface area contributed by atoms with Crippen molar-refractivity contribution in [3.05, 3.63) is 41.5 Å². The molecule has 0 amide bonds. The molecule has 9 atom stereocenters. The van der Waals surface area contributed by atoms with Gasteiger partial charge in [0.2, 0.25) is 0 Å². The number of benzene rings is 1. The van der Waals surface area contributed by atoms with Crippen LogP contribution in [0.4, 0.5) is 0 Å². The van der Waals surface area contributed by atoms with E-state index in [0.29, 0.717) is 33.8 Å². The van der Waals surface area contributed by atoms with Gasteiger partial charge in [0.05, 0.1) is 30.6 Å². The average Bonchev–Trinajstić information content (AvgIpc) is 3.13. The summed E-state index contributed by atoms with van der Waals surface area (Å²) in [6.07, 6.45) is 1.12. The Hall–Kier alpha value is -2.39. The van der Waals surface area contributed by atoms with E-state index in [1.165, 1.54) is 0 Å². The first kappa shape index (κ1) is 24.0. The van der Waals surface area contributed by atoms with E-state index in [4.69, 9.17) is 14.0 Å². The minimum atomic E-state index is -1.93. The van der Waals surface area contributed by atoms with E-state index in [0.717, 1.165) is 6.42 Å². The lowest BCUT2D eigenvalue weighted by Gasteiger charge is -2.52. The lowest BCUT2D eigenvalue weighted by molar-refractivity contribution is -0.211. The fourth-order valence-electron chi connectivity index (χ4n) is 8.12. The van der Waals surface area contributed by atoms with Crippen molar-refractivity contribution in [1.82, 2.24) is 5.16 Å². The molecule has 1 spiro atoms. The number of aliphatic hydroxyl groups is 4. The number of hydrogen-bond acceptors (Lipinski definition) is 8. The lowest BCUT2D eigenvalue weighted by Crippen LogP contribution is -2.67. The Kier molecular flexibility index (Phi) is 5.04. The van der Waals surface area contributed by atoms with Crippen molar-refractivity contribution in [2.45, 2.75) is 58.0 Å². The number of hydrogen-bond donors (Lipinski definition) is 4. The molecule has 1 aromatic carbocycles. The van der Waals surface area contributed by atoms with Crippen LogP contribution < -0.4 is 9.47 Å². The molecule has 0 saturated heterocycles. The molecular formula is C28H35NO7. The van der Waals surface area contributed by atoms with Crippen LogP contribution in [0.5, 0.6) is 11.6 Å². The van der Waals surface area contributed by atoms with Crippen LogP contribution in [0.25, 0.3) is 11.0 Å². The van der Waals surface area contributed by atoms with Crippen molar-refractivity contribution < 1.29 is 34.4 Å². The molecule has 2 fully saturated rings. The molecule has 8 heteroatoms. The number of methoxy groups -OCH3 is 1. The minimum Gasteiger partial charge on any atom is -0.497 e. The second-order valence-electron chi connectivity index (χ2n) is 11.9. The van der Waals surface area contributed by atoms with Crippen LogP contribution in [0, 0.1) is 34.5 Å². The molecule has 36 heavy (non-hydrogen) atoms. The van der Waals surface area contributed by atoms with Crippen molar-refractivity contribution >= 4 is 11.0 Å². The van der Waals surface area contributed by atoms with Crippen LogP contribution in [-0.4, -0.2) is 63.2 Å². The fraction of sp³-hybridized carbons (Fsp3) is 0.607. The van der Waals surface area contributed by atoms with Crippen molar-refractivity contribution in [1.29, 1.82) is 0 Å². The fourth-order valence-corrected chi connectivity index (χ4v) is 8.12. The van der Waals surface area contributed by atoms with Crippen LogP contribution >= 0.6 is 0 Å². The number of aromatic nitrogens is 1. The molecule has 6 rings (SSSR count). The summed E-state index contributed by atoms with van der Waals surface area (Å²) in [5, 5.41) is 51.4. The molecule has 4 aliphatic carbocycles. The molecule has 1 aromatic heterocycles. The maximum absolute atomic E-state index is 12.6. The quantitative estimate of drug-likeness (QED) is 0.475. The van der Waals surface area contributed by atoms with E-state index in [1.807, 2.05) is 26.0 Å². The summed E-state index contributed by atoms with van der Waals surface area (Å²) in [5.74, 6) is 0.917. The molecule has 8 nitrogen and oxygen atoms in total. The zero-order valence-electron chi connectivity index (χ0n) is 21.3. The van der Waals surface area contributed by atoms with E-state index >= 15 is 0 Å². The second-order valence-corrected chi connectivity index (χ2v) is 11.9. The number of rotatable bonds is 4. The smallest absolute Gasteiger partial charge is 0.262 e. The van der Waals surface area contributed by atoms with E-state index in [1.54, 1.807) is 25.3 Å². The Bertz CT molecular complexity index is 1280. The Morgan fingerprint density at radius 3 is 2.67 bits per heavy atom. The zero-order valence-corrected chi connectivity index (χ0v) is 21.3. The first-order chi connectivity index (χ1) is 17.0. The van der Waals surface area contributed by atoms with Gasteiger partial charge < -0.3 is 34.4 Å². The van der Waals surface area contributed by atoms with Gasteiger partial charge in [0.1, 0.15) is 17.5 Å². The maximum atomic E-state index is 12.6. The highest BCUT2D eigenvalue weighted by Crippen LogP contribution is 2.72. The van der Waals surface area contributed by atoms with Crippen LogP contribution in [0.1, 0.15) is 34.1 Å². The number of nitrogens with zero attached hydrogens (tertiary/aromatic N) is 1. The van der Waals surface area contributed by atoms with Crippen molar-refractivity contribution in [2.24, 2.45) is 34.5 Å². The van der Waals surface area contributed by atoms with Gasteiger partial charge in [-0.1, -0.05) is 32.9 Å². The summed E-state index contributed by atoms with van der Waals surface area (Å²) in [6.45, 7) is 7.89. The van der Waals surface area contributed by atoms with Crippen LogP contribution in [0.3, 0.4) is 0 Å². The highest BCUT2D eigenvalue weighted by molar-refractivity contribution is 5.83. The Labute approximate surface area is 210 Å². The van der Waals surface area contributed by atoms with Gasteiger partial charge in [-0.3, -0.25) is 0 Å². The molecule has 4 aliphatic rings. The molecule has 4 N–H and O–H groups in total. The normalized spacial score (nSPS) is 42.5. The van der Waals surface area contributed by atoms with Crippen LogP contribution in [-0.2, 0) is 0 Å². The third kappa shape index (κ3) is 2.76. The van der Waals surface area contributed by atoms with Crippen molar-refractivity contribution in [2.75, 3.05) is 13.7 Å². The number of aliphatic hydroxyl groups excluding tert-OH is 3. The molecule has 2 saturated carbocycles. The predicted octanol–water partition coefficient (Wildman–Crippen LogP) is 2.84. The lowest BCUT2D eigenvalue weighted by atomic mass is 9.58. The van der Waals surface area contributed by atoms with Crippen LogP contribution in [0.15, 0.2) is 46.0 Å². The predicted molar refractivity (Wildman–Crippen MR) is 131 cm³/mol. The summed E-state index contributed by atoms with van der Waals surface area (Å²) in [6, 6.07) is 5.24. The maximum Gasteiger partial charge on any atom is 0.262 e. The number of fused-ring (bicyclic) bond motifs is 4. The summed E-state index contributed by atoms with van der Waals surface area (Å²) < 4.78 is 17.1. The van der Waals surface area contributed by atoms with Gasteiger partial charge in [0.25, 0.3) is 5.88 Å². The van der Waals surface area contributed by atoms with Gasteiger partial charge in [-0.25, -0.2) is 0 Å². The zero-order chi connectivity index (χ0) is 25.8. The highest BCUT2D eigenvalue weighted by atomic mass is 16.6. The molecular weight excluding hydrogens is 462 g/mol. The van der Waals surface area contributed by atoms with Gasteiger partial charge in [-0.05, 0) is 64.9 Å². The molecule has 0 radical (unpaired) electrons. The summed E-state index contributed by atoms with van der Waals surface area (Å²) in [4.78, 5) is 0. The van der Waals surface area contributed by atoms with Gasteiger partial charge in [0, 0.05) is 12.0 Å². The summed E-state index contributed by atoms with van der Waals surface area (Å²) in [5.41, 5.74) is -1.60. The Morgan fingerprint density at radius 1 is 1.22 bits per heavy atom. The first-order valence-corrected chi connectivity index (χ1v) is 12.7. The highest BCUT2D eigenvalue weighted by Gasteiger charge is 2.76.